The van der Waals surface area contributed by atoms with Crippen molar-refractivity contribution in [2.75, 3.05) is 7.11 Å². The number of hydrogen-bond donors (Lipinski definition) is 1. The molecule has 1 aromatic heterocycles. The molecular weight excluding hydrogens is 216 g/mol. The van der Waals surface area contributed by atoms with E-state index in [2.05, 4.69) is 15.0 Å². The fourth-order valence-corrected chi connectivity index (χ4v) is 1.62. The average Bonchev–Trinajstić information content (AvgIpc) is 2.27. The Morgan fingerprint density at radius 3 is 3.20 bits per heavy atom. The largest absolute Gasteiger partial charge is 0.468 e. The van der Waals surface area contributed by atoms with E-state index in [1.54, 1.807) is 6.20 Å². The second-order valence-electron chi connectivity index (χ2n) is 3.27. The molecule has 1 unspecified atom stereocenters. The number of halogens is 1. The minimum atomic E-state index is -0.248. The first-order valence-corrected chi connectivity index (χ1v) is 4.55. The molecule has 15 heavy (non-hydrogen) atoms. The number of hydrogen-bond acceptors (Lipinski definition) is 4. The van der Waals surface area contributed by atoms with Gasteiger partial charge in [-0.3, -0.25) is 15.1 Å². The first-order chi connectivity index (χ1) is 6.81. The molecule has 0 radical (unpaired) electrons. The van der Waals surface area contributed by atoms with Gasteiger partial charge in [-0.1, -0.05) is 6.07 Å². The molecule has 0 aromatic carbocycles. The number of esters is 1. The van der Waals surface area contributed by atoms with Gasteiger partial charge >= 0.3 is 5.97 Å². The molecule has 82 valence electrons. The number of pyridine rings is 1. The van der Waals surface area contributed by atoms with Crippen molar-refractivity contribution in [3.63, 3.8) is 0 Å². The molecule has 0 aliphatic carbocycles. The Morgan fingerprint density at radius 1 is 1.67 bits per heavy atom. The van der Waals surface area contributed by atoms with Crippen LogP contribution < -0.4 is 5.32 Å². The Balaban J connectivity index is 0.00000112. The lowest BCUT2D eigenvalue weighted by Crippen LogP contribution is -2.42. The SMILES string of the molecule is COC(=O)C1Cc2ncccc2CN1.Cl. The number of ether oxygens (including phenoxy) is 1. The molecule has 1 N–H and O–H groups in total. The van der Waals surface area contributed by atoms with Crippen molar-refractivity contribution in [2.45, 2.75) is 19.0 Å². The minimum Gasteiger partial charge on any atom is -0.468 e. The maximum Gasteiger partial charge on any atom is 0.323 e. The lowest BCUT2D eigenvalue weighted by molar-refractivity contribution is -0.143. The van der Waals surface area contributed by atoms with Crippen molar-refractivity contribution in [1.29, 1.82) is 0 Å². The normalized spacial score (nSPS) is 18.6. The number of carbonyl (C=O) groups excluding carboxylic acids is 1. The van der Waals surface area contributed by atoms with Crippen LogP contribution in [0.4, 0.5) is 0 Å². The predicted molar refractivity (Wildman–Crippen MR) is 57.8 cm³/mol. The van der Waals surface area contributed by atoms with E-state index in [1.165, 1.54) is 7.11 Å². The number of carbonyl (C=O) groups is 1. The molecule has 0 spiro atoms. The molecule has 0 fully saturated rings. The van der Waals surface area contributed by atoms with E-state index >= 15 is 0 Å². The molecule has 4 nitrogen and oxygen atoms in total. The van der Waals surface area contributed by atoms with Crippen LogP contribution in [0.15, 0.2) is 18.3 Å². The van der Waals surface area contributed by atoms with E-state index in [4.69, 9.17) is 0 Å². The van der Waals surface area contributed by atoms with Crippen LogP contribution in [0, 0.1) is 0 Å². The highest BCUT2D eigenvalue weighted by Gasteiger charge is 2.24. The smallest absolute Gasteiger partial charge is 0.323 e. The maximum absolute atomic E-state index is 11.3. The van der Waals surface area contributed by atoms with Gasteiger partial charge in [-0.2, -0.15) is 0 Å². The lowest BCUT2D eigenvalue weighted by Gasteiger charge is -2.22. The van der Waals surface area contributed by atoms with Gasteiger partial charge in [-0.05, 0) is 11.6 Å². The molecule has 1 atom stereocenters. The third kappa shape index (κ3) is 2.46. The van der Waals surface area contributed by atoms with Crippen molar-refractivity contribution in [3.05, 3.63) is 29.6 Å². The van der Waals surface area contributed by atoms with Crippen LogP contribution in [0.5, 0.6) is 0 Å². The molecule has 0 bridgehead atoms. The van der Waals surface area contributed by atoms with Gasteiger partial charge in [0.05, 0.1) is 7.11 Å². The molecule has 1 aliphatic rings. The highest BCUT2D eigenvalue weighted by atomic mass is 35.5. The number of methoxy groups -OCH3 is 1. The molecule has 2 rings (SSSR count). The van der Waals surface area contributed by atoms with Crippen molar-refractivity contribution in [1.82, 2.24) is 10.3 Å². The summed E-state index contributed by atoms with van der Waals surface area (Å²) in [6.07, 6.45) is 2.36. The Morgan fingerprint density at radius 2 is 2.47 bits per heavy atom. The topological polar surface area (TPSA) is 51.2 Å². The average molecular weight is 229 g/mol. The van der Waals surface area contributed by atoms with Gasteiger partial charge in [0.25, 0.3) is 0 Å². The predicted octanol–water partition coefficient (Wildman–Crippen LogP) is 0.691. The summed E-state index contributed by atoms with van der Waals surface area (Å²) in [5.74, 6) is -0.221. The second kappa shape index (κ2) is 5.09. The maximum atomic E-state index is 11.3. The van der Waals surface area contributed by atoms with E-state index in [-0.39, 0.29) is 24.4 Å². The van der Waals surface area contributed by atoms with E-state index in [0.717, 1.165) is 11.3 Å². The number of nitrogens with zero attached hydrogens (tertiary/aromatic N) is 1. The Kier molecular flexibility index (Phi) is 4.05. The summed E-state index contributed by atoms with van der Waals surface area (Å²) in [6, 6.07) is 3.67. The summed E-state index contributed by atoms with van der Waals surface area (Å²) >= 11 is 0. The van der Waals surface area contributed by atoms with Crippen LogP contribution in [-0.4, -0.2) is 24.1 Å². The summed E-state index contributed by atoms with van der Waals surface area (Å²) in [6.45, 7) is 0.683. The zero-order chi connectivity index (χ0) is 9.97. The molecule has 0 saturated carbocycles. The minimum absolute atomic E-state index is 0. The van der Waals surface area contributed by atoms with Crippen LogP contribution in [0.25, 0.3) is 0 Å². The number of aromatic nitrogens is 1. The highest BCUT2D eigenvalue weighted by Crippen LogP contribution is 2.13. The second-order valence-corrected chi connectivity index (χ2v) is 3.27. The number of rotatable bonds is 1. The van der Waals surface area contributed by atoms with Crippen LogP contribution >= 0.6 is 12.4 Å². The van der Waals surface area contributed by atoms with E-state index in [9.17, 15) is 4.79 Å². The highest BCUT2D eigenvalue weighted by molar-refractivity contribution is 5.85. The van der Waals surface area contributed by atoms with Crippen molar-refractivity contribution in [2.24, 2.45) is 0 Å². The van der Waals surface area contributed by atoms with Gasteiger partial charge in [-0.25, -0.2) is 0 Å². The number of fused-ring (bicyclic) bond motifs is 1. The standard InChI is InChI=1S/C10H12N2O2.ClH/c1-14-10(13)9-5-8-7(6-12-9)3-2-4-11-8;/h2-4,9,12H,5-6H2,1H3;1H. The third-order valence-corrected chi connectivity index (χ3v) is 2.41. The summed E-state index contributed by atoms with van der Waals surface area (Å²) in [4.78, 5) is 15.5. The molecule has 5 heteroatoms. The fraction of sp³-hybridized carbons (Fsp3) is 0.400. The molecule has 0 saturated heterocycles. The van der Waals surface area contributed by atoms with Crippen molar-refractivity contribution in [3.8, 4) is 0 Å². The van der Waals surface area contributed by atoms with Crippen LogP contribution in [-0.2, 0) is 22.5 Å². The quantitative estimate of drug-likeness (QED) is 0.719. The van der Waals surface area contributed by atoms with Gasteiger partial charge in [0.15, 0.2) is 0 Å². The molecule has 2 heterocycles. The molecule has 0 amide bonds. The van der Waals surface area contributed by atoms with Crippen molar-refractivity contribution >= 4 is 18.4 Å². The van der Waals surface area contributed by atoms with E-state index < -0.39 is 0 Å². The zero-order valence-corrected chi connectivity index (χ0v) is 9.21. The van der Waals surface area contributed by atoms with Crippen LogP contribution in [0.2, 0.25) is 0 Å². The Bertz CT molecular complexity index is 357. The third-order valence-electron chi connectivity index (χ3n) is 2.41. The number of nitrogens with one attached hydrogen (secondary N) is 1. The Labute approximate surface area is 94.4 Å². The summed E-state index contributed by atoms with van der Waals surface area (Å²) in [7, 11) is 1.40. The van der Waals surface area contributed by atoms with Gasteiger partial charge in [0.2, 0.25) is 0 Å². The molecule has 1 aliphatic heterocycles. The van der Waals surface area contributed by atoms with E-state index in [1.807, 2.05) is 12.1 Å². The summed E-state index contributed by atoms with van der Waals surface area (Å²) in [5, 5.41) is 3.11. The van der Waals surface area contributed by atoms with E-state index in [0.29, 0.717) is 13.0 Å². The first-order valence-electron chi connectivity index (χ1n) is 4.55. The first kappa shape index (κ1) is 11.9. The fourth-order valence-electron chi connectivity index (χ4n) is 1.62. The van der Waals surface area contributed by atoms with Gasteiger partial charge in [0, 0.05) is 24.9 Å². The van der Waals surface area contributed by atoms with Crippen molar-refractivity contribution < 1.29 is 9.53 Å². The lowest BCUT2D eigenvalue weighted by atomic mass is 10.0. The molecule has 1 aromatic rings. The van der Waals surface area contributed by atoms with Gasteiger partial charge < -0.3 is 4.74 Å². The summed E-state index contributed by atoms with van der Waals surface area (Å²) in [5.41, 5.74) is 2.15. The summed E-state index contributed by atoms with van der Waals surface area (Å²) < 4.78 is 4.68. The molecular formula is C10H13ClN2O2. The monoisotopic (exact) mass is 228 g/mol. The van der Waals surface area contributed by atoms with Crippen LogP contribution in [0.1, 0.15) is 11.3 Å². The Hall–Kier alpha value is -1.13. The van der Waals surface area contributed by atoms with Gasteiger partial charge in [-0.15, -0.1) is 12.4 Å². The van der Waals surface area contributed by atoms with Crippen LogP contribution in [0.3, 0.4) is 0 Å². The zero-order valence-electron chi connectivity index (χ0n) is 8.40. The van der Waals surface area contributed by atoms with Gasteiger partial charge in [0.1, 0.15) is 6.04 Å².